The molecular weight excluding hydrogens is 239 g/mol. The Morgan fingerprint density at radius 1 is 1.09 bits per heavy atom. The van der Waals surface area contributed by atoms with Gasteiger partial charge in [0, 0.05) is 0 Å². The van der Waals surface area contributed by atoms with Crippen LogP contribution in [0.1, 0.15) is 20.8 Å². The summed E-state index contributed by atoms with van der Waals surface area (Å²) in [5, 5.41) is 0. The molecule has 1 heteroatoms. The van der Waals surface area contributed by atoms with Crippen LogP contribution in [-0.2, 0) is 0 Å². The van der Waals surface area contributed by atoms with Crippen molar-refractivity contribution < 1.29 is 0 Å². The molecule has 0 unspecified atom stereocenters. The van der Waals surface area contributed by atoms with Crippen LogP contribution in [0.3, 0.4) is 0 Å². The van der Waals surface area contributed by atoms with Crippen LogP contribution < -0.4 is 0 Å². The summed E-state index contributed by atoms with van der Waals surface area (Å²) >= 11 is -1.70. The molecule has 0 amide bonds. The van der Waals surface area contributed by atoms with Crippen LogP contribution in [0.15, 0.2) is 21.3 Å². The molecule has 0 aliphatic heterocycles. The van der Waals surface area contributed by atoms with Gasteiger partial charge < -0.3 is 0 Å². The average molecular weight is 259 g/mol. The summed E-state index contributed by atoms with van der Waals surface area (Å²) in [6, 6.07) is 0. The van der Waals surface area contributed by atoms with E-state index >= 15 is 0 Å². The molecule has 0 aromatic rings. The van der Waals surface area contributed by atoms with Gasteiger partial charge in [-0.1, -0.05) is 0 Å². The molecule has 0 fully saturated rings. The standard InChI is InChI=1S/C7H11.3CH3.Sn/c1-4-6-7(3)5-2;;;;/h5-6H,1-3H3;3*1H3;/b6-4?,7-5+;;;;. The maximum absolute atomic E-state index is 2.45. The predicted molar refractivity (Wildman–Crippen MR) is 56.5 cm³/mol. The first-order valence-corrected chi connectivity index (χ1v) is 14.2. The molecule has 0 saturated carbocycles. The first-order chi connectivity index (χ1) is 4.88. The van der Waals surface area contributed by atoms with Gasteiger partial charge in [-0.2, -0.15) is 0 Å². The zero-order chi connectivity index (χ0) is 9.07. The van der Waals surface area contributed by atoms with E-state index in [4.69, 9.17) is 0 Å². The van der Waals surface area contributed by atoms with Gasteiger partial charge in [-0.05, 0) is 0 Å². The molecule has 0 bridgehead atoms. The fourth-order valence-electron chi connectivity index (χ4n) is 0.641. The molecule has 0 heterocycles. The first-order valence-electron chi connectivity index (χ1n) is 4.19. The van der Waals surface area contributed by atoms with E-state index in [1.165, 1.54) is 5.57 Å². The molecule has 0 aliphatic rings. The molecule has 0 rings (SSSR count). The Kier molecular flexibility index (Phi) is 4.45. The molecule has 0 N–H and O–H groups in total. The van der Waals surface area contributed by atoms with Crippen molar-refractivity contribution in [2.75, 3.05) is 0 Å². The Morgan fingerprint density at radius 2 is 1.55 bits per heavy atom. The van der Waals surface area contributed by atoms with Crippen molar-refractivity contribution in [2.24, 2.45) is 0 Å². The number of rotatable bonds is 2. The monoisotopic (exact) mass is 260 g/mol. The second-order valence-electron chi connectivity index (χ2n) is 4.11. The van der Waals surface area contributed by atoms with Crippen molar-refractivity contribution in [1.29, 1.82) is 0 Å². The Bertz CT molecular complexity index is 180. The Morgan fingerprint density at radius 3 is 1.82 bits per heavy atom. The van der Waals surface area contributed by atoms with Gasteiger partial charge in [0.1, 0.15) is 0 Å². The van der Waals surface area contributed by atoms with E-state index in [-0.39, 0.29) is 0 Å². The van der Waals surface area contributed by atoms with Gasteiger partial charge in [0.2, 0.25) is 0 Å². The van der Waals surface area contributed by atoms with E-state index in [9.17, 15) is 0 Å². The number of hydrogen-bond acceptors (Lipinski definition) is 0. The zero-order valence-corrected chi connectivity index (χ0v) is 11.5. The summed E-state index contributed by atoms with van der Waals surface area (Å²) in [6.07, 6.45) is 4.51. The van der Waals surface area contributed by atoms with Crippen molar-refractivity contribution in [3.63, 3.8) is 0 Å². The Hall–Kier alpha value is 0.279. The molecule has 0 aromatic heterocycles. The Balaban J connectivity index is 4.48. The summed E-state index contributed by atoms with van der Waals surface area (Å²) in [4.78, 5) is 7.34. The maximum atomic E-state index is 2.45. The first kappa shape index (κ1) is 11.3. The fourth-order valence-corrected chi connectivity index (χ4v) is 2.53. The van der Waals surface area contributed by atoms with Gasteiger partial charge in [-0.15, -0.1) is 0 Å². The van der Waals surface area contributed by atoms with Gasteiger partial charge in [0.05, 0.1) is 0 Å². The second-order valence-corrected chi connectivity index (χ2v) is 19.2. The summed E-state index contributed by atoms with van der Waals surface area (Å²) in [5.41, 5.74) is 1.40. The second kappa shape index (κ2) is 4.34. The van der Waals surface area contributed by atoms with Crippen LogP contribution in [0.5, 0.6) is 0 Å². The molecule has 0 atom stereocenters. The van der Waals surface area contributed by atoms with Gasteiger partial charge >= 0.3 is 75.3 Å². The molecule has 0 aromatic carbocycles. The van der Waals surface area contributed by atoms with Crippen molar-refractivity contribution in [1.82, 2.24) is 0 Å². The van der Waals surface area contributed by atoms with E-state index in [1.807, 2.05) is 0 Å². The van der Waals surface area contributed by atoms with E-state index in [0.717, 1.165) is 0 Å². The summed E-state index contributed by atoms with van der Waals surface area (Å²) in [7, 11) is 0. The van der Waals surface area contributed by atoms with Gasteiger partial charge in [-0.3, -0.25) is 0 Å². The third-order valence-electron chi connectivity index (χ3n) is 2.08. The Labute approximate surface area is 75.3 Å². The van der Waals surface area contributed by atoms with Crippen molar-refractivity contribution in [3.8, 4) is 0 Å². The van der Waals surface area contributed by atoms with Crippen molar-refractivity contribution in [3.05, 3.63) is 21.3 Å². The van der Waals surface area contributed by atoms with Crippen LogP contribution in [-0.4, -0.2) is 18.4 Å². The molecule has 0 aliphatic carbocycles. The molecule has 64 valence electrons. The molecule has 11 heavy (non-hydrogen) atoms. The molecule has 0 nitrogen and oxygen atoms in total. The third kappa shape index (κ3) is 4.67. The normalized spacial score (nSPS) is 15.5. The summed E-state index contributed by atoms with van der Waals surface area (Å²) < 4.78 is 1.65. The molecule has 0 radical (unpaired) electrons. The average Bonchev–Trinajstić information content (AvgIpc) is 1.85. The van der Waals surface area contributed by atoms with Crippen LogP contribution in [0.25, 0.3) is 0 Å². The van der Waals surface area contributed by atoms with E-state index in [1.54, 1.807) is 3.59 Å². The van der Waals surface area contributed by atoms with Gasteiger partial charge in [-0.25, -0.2) is 0 Å². The predicted octanol–water partition coefficient (Wildman–Crippen LogP) is 3.78. The number of allylic oxidation sites excluding steroid dienone is 4. The van der Waals surface area contributed by atoms with Crippen LogP contribution in [0.2, 0.25) is 14.8 Å². The zero-order valence-electron chi connectivity index (χ0n) is 8.65. The molecular formula is C10H20Sn. The van der Waals surface area contributed by atoms with E-state index in [0.29, 0.717) is 0 Å². The summed E-state index contributed by atoms with van der Waals surface area (Å²) in [5.74, 6) is 0. The van der Waals surface area contributed by atoms with E-state index in [2.05, 4.69) is 47.7 Å². The number of hydrogen-bond donors (Lipinski definition) is 0. The van der Waals surface area contributed by atoms with Gasteiger partial charge in [0.25, 0.3) is 0 Å². The molecule has 0 saturated heterocycles. The summed E-state index contributed by atoms with van der Waals surface area (Å²) in [6.45, 7) is 6.54. The van der Waals surface area contributed by atoms with Crippen LogP contribution in [0, 0.1) is 0 Å². The SMILES string of the molecule is C/C=C(C)/C=[C](\C)[Sn]([CH3])([CH3])[CH3]. The molecule has 0 spiro atoms. The topological polar surface area (TPSA) is 0 Å². The minimum absolute atomic E-state index is 1.40. The minimum atomic E-state index is -1.70. The third-order valence-corrected chi connectivity index (χ3v) is 9.25. The van der Waals surface area contributed by atoms with Crippen LogP contribution >= 0.6 is 0 Å². The fraction of sp³-hybridized carbons (Fsp3) is 0.600. The van der Waals surface area contributed by atoms with E-state index < -0.39 is 18.4 Å². The van der Waals surface area contributed by atoms with Gasteiger partial charge in [0.15, 0.2) is 0 Å². The van der Waals surface area contributed by atoms with Crippen molar-refractivity contribution in [2.45, 2.75) is 35.6 Å². The quantitative estimate of drug-likeness (QED) is 0.523. The van der Waals surface area contributed by atoms with Crippen molar-refractivity contribution >= 4 is 18.4 Å². The van der Waals surface area contributed by atoms with Crippen LogP contribution in [0.4, 0.5) is 0 Å².